The maximum Gasteiger partial charge on any atom is 0.0589 e. The summed E-state index contributed by atoms with van der Waals surface area (Å²) in [5.74, 6) is 0. The Morgan fingerprint density at radius 3 is 2.80 bits per heavy atom. The smallest absolute Gasteiger partial charge is 0.0589 e. The van der Waals surface area contributed by atoms with E-state index in [0.29, 0.717) is 0 Å². The van der Waals surface area contributed by atoms with Gasteiger partial charge in [0.05, 0.1) is 6.61 Å². The summed E-state index contributed by atoms with van der Waals surface area (Å²) in [5, 5.41) is 0.800. The van der Waals surface area contributed by atoms with Crippen molar-refractivity contribution in [3.63, 3.8) is 0 Å². The summed E-state index contributed by atoms with van der Waals surface area (Å²) >= 11 is 9.51. The van der Waals surface area contributed by atoms with E-state index in [-0.39, 0.29) is 0 Å². The standard InChI is InChI=1S/C11H15BrClNO/c1-14(5-6-15-2)8-9-3-4-10(12)7-11(9)13/h3-4,7H,5-6,8H2,1-2H3. The molecule has 2 nitrogen and oxygen atoms in total. The van der Waals surface area contributed by atoms with Crippen LogP contribution < -0.4 is 0 Å². The van der Waals surface area contributed by atoms with Gasteiger partial charge in [0.15, 0.2) is 0 Å². The number of likely N-dealkylation sites (N-methyl/N-ethyl adjacent to an activating group) is 1. The zero-order chi connectivity index (χ0) is 11.3. The van der Waals surface area contributed by atoms with Crippen molar-refractivity contribution in [1.82, 2.24) is 4.90 Å². The largest absolute Gasteiger partial charge is 0.383 e. The maximum absolute atomic E-state index is 6.12. The van der Waals surface area contributed by atoms with Gasteiger partial charge in [-0.25, -0.2) is 0 Å². The highest BCUT2D eigenvalue weighted by Gasteiger charge is 2.04. The molecule has 1 aromatic rings. The van der Waals surface area contributed by atoms with Gasteiger partial charge in [0.1, 0.15) is 0 Å². The summed E-state index contributed by atoms with van der Waals surface area (Å²) in [7, 11) is 3.76. The van der Waals surface area contributed by atoms with Crippen molar-refractivity contribution < 1.29 is 4.74 Å². The lowest BCUT2D eigenvalue weighted by Crippen LogP contribution is -2.22. The van der Waals surface area contributed by atoms with Crippen LogP contribution in [0.15, 0.2) is 22.7 Å². The van der Waals surface area contributed by atoms with E-state index in [0.717, 1.165) is 34.8 Å². The van der Waals surface area contributed by atoms with Crippen LogP contribution >= 0.6 is 27.5 Å². The van der Waals surface area contributed by atoms with Crippen LogP contribution in [0.4, 0.5) is 0 Å². The molecule has 0 aliphatic carbocycles. The van der Waals surface area contributed by atoms with Crippen LogP contribution in [0, 0.1) is 0 Å². The van der Waals surface area contributed by atoms with Gasteiger partial charge in [-0.3, -0.25) is 4.90 Å². The average molecular weight is 293 g/mol. The quantitative estimate of drug-likeness (QED) is 0.826. The summed E-state index contributed by atoms with van der Waals surface area (Å²) in [4.78, 5) is 2.18. The Labute approximate surface area is 104 Å². The molecule has 0 saturated heterocycles. The van der Waals surface area contributed by atoms with Crippen LogP contribution in [0.5, 0.6) is 0 Å². The van der Waals surface area contributed by atoms with E-state index in [9.17, 15) is 0 Å². The van der Waals surface area contributed by atoms with Crippen molar-refractivity contribution in [3.8, 4) is 0 Å². The van der Waals surface area contributed by atoms with Gasteiger partial charge in [-0.05, 0) is 24.7 Å². The highest BCUT2D eigenvalue weighted by Crippen LogP contribution is 2.22. The molecule has 0 atom stereocenters. The van der Waals surface area contributed by atoms with E-state index in [2.05, 4.69) is 27.9 Å². The van der Waals surface area contributed by atoms with Gasteiger partial charge < -0.3 is 4.74 Å². The Kier molecular flexibility index (Phi) is 5.61. The molecule has 84 valence electrons. The number of ether oxygens (including phenoxy) is 1. The van der Waals surface area contributed by atoms with Crippen molar-refractivity contribution in [1.29, 1.82) is 0 Å². The minimum Gasteiger partial charge on any atom is -0.383 e. The number of methoxy groups -OCH3 is 1. The van der Waals surface area contributed by atoms with Gasteiger partial charge in [0, 0.05) is 29.7 Å². The fourth-order valence-corrected chi connectivity index (χ4v) is 2.00. The Hall–Kier alpha value is -0.0900. The maximum atomic E-state index is 6.12. The van der Waals surface area contributed by atoms with E-state index in [1.54, 1.807) is 7.11 Å². The van der Waals surface area contributed by atoms with Crippen LogP contribution in [0.3, 0.4) is 0 Å². The number of hydrogen-bond acceptors (Lipinski definition) is 2. The van der Waals surface area contributed by atoms with Crippen molar-refractivity contribution >= 4 is 27.5 Å². The number of halogens is 2. The van der Waals surface area contributed by atoms with E-state index < -0.39 is 0 Å². The molecule has 0 radical (unpaired) electrons. The molecule has 0 aromatic heterocycles. The fourth-order valence-electron chi connectivity index (χ4n) is 1.27. The molecule has 0 fully saturated rings. The molecule has 4 heteroatoms. The molecule has 15 heavy (non-hydrogen) atoms. The molecule has 1 aromatic carbocycles. The Morgan fingerprint density at radius 1 is 1.47 bits per heavy atom. The Balaban J connectivity index is 2.56. The molecule has 0 heterocycles. The first-order valence-corrected chi connectivity index (χ1v) is 5.92. The molecular formula is C11H15BrClNO. The Bertz CT molecular complexity index is 319. The Morgan fingerprint density at radius 2 is 2.20 bits per heavy atom. The van der Waals surface area contributed by atoms with Crippen molar-refractivity contribution in [3.05, 3.63) is 33.3 Å². The second-order valence-corrected chi connectivity index (χ2v) is 4.79. The molecule has 0 saturated carbocycles. The van der Waals surface area contributed by atoms with E-state index in [4.69, 9.17) is 16.3 Å². The number of rotatable bonds is 5. The lowest BCUT2D eigenvalue weighted by atomic mass is 10.2. The molecule has 0 bridgehead atoms. The summed E-state index contributed by atoms with van der Waals surface area (Å²) in [6.45, 7) is 2.49. The fraction of sp³-hybridized carbons (Fsp3) is 0.455. The third kappa shape index (κ3) is 4.51. The lowest BCUT2D eigenvalue weighted by molar-refractivity contribution is 0.158. The van der Waals surface area contributed by atoms with Gasteiger partial charge in [0.25, 0.3) is 0 Å². The molecule has 0 aliphatic rings. The minimum absolute atomic E-state index is 0.741. The molecule has 1 rings (SSSR count). The zero-order valence-corrected chi connectivity index (χ0v) is 11.3. The molecule has 0 amide bonds. The normalized spacial score (nSPS) is 11.0. The van der Waals surface area contributed by atoms with Crippen LogP contribution in [-0.4, -0.2) is 32.2 Å². The van der Waals surface area contributed by atoms with Gasteiger partial charge in [0.2, 0.25) is 0 Å². The number of hydrogen-bond donors (Lipinski definition) is 0. The third-order valence-corrected chi connectivity index (χ3v) is 2.98. The molecule has 0 spiro atoms. The first kappa shape index (κ1) is 13.0. The number of benzene rings is 1. The summed E-state index contributed by atoms with van der Waals surface area (Å²) < 4.78 is 6.03. The summed E-state index contributed by atoms with van der Waals surface area (Å²) in [6.07, 6.45) is 0. The van der Waals surface area contributed by atoms with Crippen LogP contribution in [-0.2, 0) is 11.3 Å². The summed E-state index contributed by atoms with van der Waals surface area (Å²) in [5.41, 5.74) is 1.14. The predicted octanol–water partition coefficient (Wildman–Crippen LogP) is 3.18. The lowest BCUT2D eigenvalue weighted by Gasteiger charge is -2.16. The van der Waals surface area contributed by atoms with Crippen LogP contribution in [0.25, 0.3) is 0 Å². The predicted molar refractivity (Wildman–Crippen MR) is 67.4 cm³/mol. The second kappa shape index (κ2) is 6.48. The average Bonchev–Trinajstić information content (AvgIpc) is 2.19. The van der Waals surface area contributed by atoms with Crippen LogP contribution in [0.1, 0.15) is 5.56 Å². The van der Waals surface area contributed by atoms with E-state index in [1.165, 1.54) is 0 Å². The minimum atomic E-state index is 0.741. The molecule has 0 aliphatic heterocycles. The van der Waals surface area contributed by atoms with Crippen LogP contribution in [0.2, 0.25) is 5.02 Å². The molecule has 0 unspecified atom stereocenters. The summed E-state index contributed by atoms with van der Waals surface area (Å²) in [6, 6.07) is 5.96. The zero-order valence-electron chi connectivity index (χ0n) is 8.96. The van der Waals surface area contributed by atoms with Crippen molar-refractivity contribution in [2.75, 3.05) is 27.3 Å². The highest BCUT2D eigenvalue weighted by atomic mass is 79.9. The van der Waals surface area contributed by atoms with Crippen molar-refractivity contribution in [2.45, 2.75) is 6.54 Å². The first-order chi connectivity index (χ1) is 7.13. The van der Waals surface area contributed by atoms with Gasteiger partial charge >= 0.3 is 0 Å². The van der Waals surface area contributed by atoms with Gasteiger partial charge in [-0.15, -0.1) is 0 Å². The first-order valence-electron chi connectivity index (χ1n) is 4.75. The highest BCUT2D eigenvalue weighted by molar-refractivity contribution is 9.10. The second-order valence-electron chi connectivity index (χ2n) is 3.47. The van der Waals surface area contributed by atoms with E-state index >= 15 is 0 Å². The van der Waals surface area contributed by atoms with E-state index in [1.807, 2.05) is 18.2 Å². The topological polar surface area (TPSA) is 12.5 Å². The SMILES string of the molecule is COCCN(C)Cc1ccc(Br)cc1Cl. The molecule has 0 N–H and O–H groups in total. The third-order valence-electron chi connectivity index (χ3n) is 2.13. The number of nitrogens with zero attached hydrogens (tertiary/aromatic N) is 1. The van der Waals surface area contributed by atoms with Gasteiger partial charge in [-0.1, -0.05) is 33.6 Å². The molecular weight excluding hydrogens is 277 g/mol. The van der Waals surface area contributed by atoms with Gasteiger partial charge in [-0.2, -0.15) is 0 Å². The van der Waals surface area contributed by atoms with Crippen molar-refractivity contribution in [2.24, 2.45) is 0 Å². The monoisotopic (exact) mass is 291 g/mol.